The number of nitrogens with one attached hydrogen (secondary N) is 1. The number of rotatable bonds is 1. The molecule has 0 aliphatic heterocycles. The predicted molar refractivity (Wildman–Crippen MR) is 44.1 cm³/mol. The van der Waals surface area contributed by atoms with E-state index in [9.17, 15) is 0 Å². The lowest BCUT2D eigenvalue weighted by molar-refractivity contribution is 1.31. The molecule has 0 saturated carbocycles. The summed E-state index contributed by atoms with van der Waals surface area (Å²) in [6, 6.07) is 0. The molecule has 0 fully saturated rings. The van der Waals surface area contributed by atoms with E-state index in [1.54, 1.807) is 23.0 Å². The molecule has 0 aromatic carbocycles. The van der Waals surface area contributed by atoms with Crippen LogP contribution in [0.15, 0.2) is 17.1 Å². The van der Waals surface area contributed by atoms with Gasteiger partial charge < -0.3 is 10.7 Å². The first-order valence-corrected chi connectivity index (χ1v) is 3.99. The Labute approximate surface area is 67.1 Å². The minimum atomic E-state index is 0.424. The maximum absolute atomic E-state index is 5.39. The van der Waals surface area contributed by atoms with E-state index in [-0.39, 0.29) is 0 Å². The summed E-state index contributed by atoms with van der Waals surface area (Å²) in [5.74, 6) is 0.424. The lowest BCUT2D eigenvalue weighted by Gasteiger charge is -1.85. The van der Waals surface area contributed by atoms with E-state index in [1.807, 2.05) is 5.38 Å². The molecule has 2 rings (SSSR count). The van der Waals surface area contributed by atoms with Gasteiger partial charge >= 0.3 is 0 Å². The van der Waals surface area contributed by atoms with Crippen molar-refractivity contribution in [2.75, 3.05) is 5.73 Å². The lowest BCUT2D eigenvalue weighted by Crippen LogP contribution is -1.85. The molecule has 0 saturated heterocycles. The largest absolute Gasteiger partial charge is 0.369 e. The van der Waals surface area contributed by atoms with Crippen molar-refractivity contribution >= 4 is 17.3 Å². The molecule has 5 heteroatoms. The Kier molecular flexibility index (Phi) is 1.36. The number of H-pyrrole nitrogens is 1. The fourth-order valence-corrected chi connectivity index (χ4v) is 1.36. The molecule has 2 aromatic heterocycles. The van der Waals surface area contributed by atoms with Gasteiger partial charge in [-0.25, -0.2) is 9.97 Å². The highest BCUT2D eigenvalue weighted by atomic mass is 32.1. The van der Waals surface area contributed by atoms with E-state index < -0.39 is 0 Å². The Hall–Kier alpha value is -1.36. The first-order valence-electron chi connectivity index (χ1n) is 3.05. The minimum Gasteiger partial charge on any atom is -0.369 e. The van der Waals surface area contributed by atoms with Crippen LogP contribution in [0.1, 0.15) is 0 Å². The second-order valence-corrected chi connectivity index (χ2v) is 2.77. The molecule has 0 radical (unpaired) electrons. The van der Waals surface area contributed by atoms with Crippen molar-refractivity contribution in [3.63, 3.8) is 0 Å². The van der Waals surface area contributed by atoms with Crippen LogP contribution in [0.25, 0.3) is 11.4 Å². The maximum Gasteiger partial charge on any atom is 0.197 e. The van der Waals surface area contributed by atoms with Gasteiger partial charge in [-0.2, -0.15) is 0 Å². The Morgan fingerprint density at radius 3 is 2.91 bits per heavy atom. The smallest absolute Gasteiger partial charge is 0.197 e. The fourth-order valence-electron chi connectivity index (χ4n) is 0.812. The third-order valence-electron chi connectivity index (χ3n) is 1.30. The number of hydrogen-bond donors (Lipinski definition) is 2. The molecule has 0 unspecified atom stereocenters. The van der Waals surface area contributed by atoms with Crippen molar-refractivity contribution in [3.05, 3.63) is 17.1 Å². The molecule has 0 amide bonds. The molecule has 0 atom stereocenters. The van der Waals surface area contributed by atoms with E-state index in [1.165, 1.54) is 0 Å². The second-order valence-electron chi connectivity index (χ2n) is 2.06. The van der Waals surface area contributed by atoms with Crippen LogP contribution >= 0.6 is 11.3 Å². The zero-order valence-electron chi connectivity index (χ0n) is 5.61. The molecule has 0 spiro atoms. The molecular formula is C6H6N4S. The average Bonchev–Trinajstić information content (AvgIpc) is 2.55. The normalized spacial score (nSPS) is 10.2. The summed E-state index contributed by atoms with van der Waals surface area (Å²) < 4.78 is 0. The Morgan fingerprint density at radius 2 is 2.36 bits per heavy atom. The third-order valence-corrected chi connectivity index (χ3v) is 1.89. The molecule has 3 N–H and O–H groups in total. The van der Waals surface area contributed by atoms with Gasteiger partial charge in [-0.15, -0.1) is 11.3 Å². The molecule has 0 aliphatic rings. The highest BCUT2D eigenvalue weighted by molar-refractivity contribution is 7.07. The van der Waals surface area contributed by atoms with Gasteiger partial charge in [0, 0.05) is 5.38 Å². The molecule has 0 aliphatic carbocycles. The quantitative estimate of drug-likeness (QED) is 0.667. The second kappa shape index (κ2) is 2.35. The summed E-state index contributed by atoms with van der Waals surface area (Å²) in [6.07, 6.45) is 1.67. The van der Waals surface area contributed by atoms with Crippen LogP contribution in [-0.2, 0) is 0 Å². The first-order chi connectivity index (χ1) is 5.36. The van der Waals surface area contributed by atoms with Gasteiger partial charge in [0.25, 0.3) is 0 Å². The molecule has 0 bridgehead atoms. The molecule has 2 heterocycles. The van der Waals surface area contributed by atoms with Crippen LogP contribution in [0.2, 0.25) is 0 Å². The van der Waals surface area contributed by atoms with E-state index >= 15 is 0 Å². The lowest BCUT2D eigenvalue weighted by atomic mass is 10.4. The van der Waals surface area contributed by atoms with Gasteiger partial charge in [0.2, 0.25) is 0 Å². The standard InChI is InChI=1S/C6H6N4S/c7-6-8-1-4(10-6)5-2-11-3-9-5/h1-3H,(H3,7,8,10). The zero-order valence-corrected chi connectivity index (χ0v) is 6.43. The van der Waals surface area contributed by atoms with Gasteiger partial charge in [-0.05, 0) is 0 Å². The number of aromatic amines is 1. The van der Waals surface area contributed by atoms with Crippen molar-refractivity contribution < 1.29 is 0 Å². The number of aromatic nitrogens is 3. The molecule has 4 nitrogen and oxygen atoms in total. The maximum atomic E-state index is 5.39. The van der Waals surface area contributed by atoms with E-state index in [0.29, 0.717) is 5.95 Å². The number of hydrogen-bond acceptors (Lipinski definition) is 4. The summed E-state index contributed by atoms with van der Waals surface area (Å²) in [5, 5.41) is 1.94. The minimum absolute atomic E-state index is 0.424. The SMILES string of the molecule is Nc1ncc(-c2cscn2)[nH]1. The van der Waals surface area contributed by atoms with Crippen LogP contribution < -0.4 is 5.73 Å². The Morgan fingerprint density at radius 1 is 1.45 bits per heavy atom. The summed E-state index contributed by atoms with van der Waals surface area (Å²) in [6.45, 7) is 0. The summed E-state index contributed by atoms with van der Waals surface area (Å²) in [5.41, 5.74) is 8.92. The number of nitrogens with zero attached hydrogens (tertiary/aromatic N) is 2. The summed E-state index contributed by atoms with van der Waals surface area (Å²) in [4.78, 5) is 10.8. The predicted octanol–water partition coefficient (Wildman–Crippen LogP) is 1.12. The van der Waals surface area contributed by atoms with Crippen LogP contribution in [-0.4, -0.2) is 15.0 Å². The third kappa shape index (κ3) is 1.10. The number of nitrogen functional groups attached to an aromatic ring is 1. The highest BCUT2D eigenvalue weighted by Gasteiger charge is 2.01. The number of imidazole rings is 1. The molecule has 11 heavy (non-hydrogen) atoms. The average molecular weight is 166 g/mol. The van der Waals surface area contributed by atoms with Crippen LogP contribution in [0.3, 0.4) is 0 Å². The van der Waals surface area contributed by atoms with Gasteiger partial charge in [0.15, 0.2) is 5.95 Å². The zero-order chi connectivity index (χ0) is 7.68. The molecule has 2 aromatic rings. The van der Waals surface area contributed by atoms with E-state index in [4.69, 9.17) is 5.73 Å². The van der Waals surface area contributed by atoms with Crippen LogP contribution in [0.4, 0.5) is 5.95 Å². The topological polar surface area (TPSA) is 67.6 Å². The molecule has 56 valence electrons. The van der Waals surface area contributed by atoms with Crippen molar-refractivity contribution in [2.24, 2.45) is 0 Å². The van der Waals surface area contributed by atoms with Crippen molar-refractivity contribution in [2.45, 2.75) is 0 Å². The van der Waals surface area contributed by atoms with E-state index in [0.717, 1.165) is 11.4 Å². The Bertz CT molecular complexity index is 337. The van der Waals surface area contributed by atoms with Crippen molar-refractivity contribution in [1.29, 1.82) is 0 Å². The number of anilines is 1. The number of nitrogens with two attached hydrogens (primary N) is 1. The monoisotopic (exact) mass is 166 g/mol. The first kappa shape index (κ1) is 6.36. The summed E-state index contributed by atoms with van der Waals surface area (Å²) in [7, 11) is 0. The van der Waals surface area contributed by atoms with Gasteiger partial charge in [0.05, 0.1) is 23.1 Å². The summed E-state index contributed by atoms with van der Waals surface area (Å²) >= 11 is 1.54. The molecular weight excluding hydrogens is 160 g/mol. The van der Waals surface area contributed by atoms with Crippen LogP contribution in [0.5, 0.6) is 0 Å². The van der Waals surface area contributed by atoms with Gasteiger partial charge in [-0.3, -0.25) is 0 Å². The fraction of sp³-hybridized carbons (Fsp3) is 0. The van der Waals surface area contributed by atoms with Crippen LogP contribution in [0, 0.1) is 0 Å². The highest BCUT2D eigenvalue weighted by Crippen LogP contribution is 2.16. The van der Waals surface area contributed by atoms with Crippen molar-refractivity contribution in [3.8, 4) is 11.4 Å². The van der Waals surface area contributed by atoms with Gasteiger partial charge in [0.1, 0.15) is 0 Å². The van der Waals surface area contributed by atoms with Gasteiger partial charge in [-0.1, -0.05) is 0 Å². The van der Waals surface area contributed by atoms with Crippen molar-refractivity contribution in [1.82, 2.24) is 15.0 Å². The number of thiazole rings is 1. The van der Waals surface area contributed by atoms with E-state index in [2.05, 4.69) is 15.0 Å². The Balaban J connectivity index is 2.45.